The number of pyridine rings is 1. The van der Waals surface area contributed by atoms with E-state index in [0.717, 1.165) is 24.5 Å². The van der Waals surface area contributed by atoms with Crippen molar-refractivity contribution < 1.29 is 0 Å². The Morgan fingerprint density at radius 1 is 1.15 bits per heavy atom. The van der Waals surface area contributed by atoms with Crippen LogP contribution < -0.4 is 5.32 Å². The van der Waals surface area contributed by atoms with E-state index in [0.29, 0.717) is 5.41 Å². The number of nitrogens with one attached hydrogen (secondary N) is 1. The minimum atomic E-state index is 0.303. The quantitative estimate of drug-likeness (QED) is 0.858. The maximum atomic E-state index is 4.80. The van der Waals surface area contributed by atoms with Gasteiger partial charge in [0.1, 0.15) is 0 Å². The highest BCUT2D eigenvalue weighted by molar-refractivity contribution is 5.78. The van der Waals surface area contributed by atoms with Gasteiger partial charge in [0.05, 0.1) is 5.52 Å². The molecule has 1 saturated carbocycles. The van der Waals surface area contributed by atoms with Crippen molar-refractivity contribution in [2.45, 2.75) is 45.6 Å². The Hall–Kier alpha value is -1.41. The molecule has 0 atom stereocenters. The lowest BCUT2D eigenvalue weighted by Gasteiger charge is -2.24. The van der Waals surface area contributed by atoms with Crippen LogP contribution in [0.15, 0.2) is 36.4 Å². The molecule has 1 aliphatic carbocycles. The highest BCUT2D eigenvalue weighted by atomic mass is 14.9. The summed E-state index contributed by atoms with van der Waals surface area (Å²) in [7, 11) is 0. The molecule has 0 aliphatic heterocycles. The first-order chi connectivity index (χ1) is 9.62. The van der Waals surface area contributed by atoms with Gasteiger partial charge in [-0.25, -0.2) is 0 Å². The zero-order valence-electron chi connectivity index (χ0n) is 12.5. The fourth-order valence-electron chi connectivity index (χ4n) is 2.69. The van der Waals surface area contributed by atoms with E-state index < -0.39 is 0 Å². The van der Waals surface area contributed by atoms with Gasteiger partial charge in [-0.1, -0.05) is 38.1 Å². The molecule has 0 unspecified atom stereocenters. The van der Waals surface area contributed by atoms with Gasteiger partial charge in [-0.05, 0) is 49.8 Å². The fraction of sp³-hybridized carbons (Fsp3) is 0.500. The first-order valence-corrected chi connectivity index (χ1v) is 7.70. The van der Waals surface area contributed by atoms with E-state index in [9.17, 15) is 0 Å². The second kappa shape index (κ2) is 5.53. The van der Waals surface area contributed by atoms with Crippen LogP contribution in [-0.4, -0.2) is 17.6 Å². The van der Waals surface area contributed by atoms with Gasteiger partial charge in [-0.2, -0.15) is 0 Å². The monoisotopic (exact) mass is 268 g/mol. The summed E-state index contributed by atoms with van der Waals surface area (Å²) in [6.07, 6.45) is 4.99. The second-order valence-corrected chi connectivity index (χ2v) is 6.81. The Morgan fingerprint density at radius 3 is 2.75 bits per heavy atom. The molecule has 3 rings (SSSR count). The lowest BCUT2D eigenvalue weighted by molar-refractivity contribution is 0.322. The SMILES string of the molecule is CC(C)(CCNC1CC1)Cc1ccc2ccccc2n1. The highest BCUT2D eigenvalue weighted by Gasteiger charge is 2.23. The summed E-state index contributed by atoms with van der Waals surface area (Å²) in [6.45, 7) is 5.82. The molecule has 1 fully saturated rings. The normalized spacial score (nSPS) is 15.7. The van der Waals surface area contributed by atoms with Crippen molar-refractivity contribution in [3.05, 3.63) is 42.1 Å². The fourth-order valence-corrected chi connectivity index (χ4v) is 2.69. The molecule has 1 heterocycles. The van der Waals surface area contributed by atoms with Crippen LogP contribution in [0.3, 0.4) is 0 Å². The smallest absolute Gasteiger partial charge is 0.0705 e. The molecule has 0 amide bonds. The molecule has 2 nitrogen and oxygen atoms in total. The zero-order valence-corrected chi connectivity index (χ0v) is 12.5. The van der Waals surface area contributed by atoms with E-state index in [1.54, 1.807) is 0 Å². The van der Waals surface area contributed by atoms with Crippen LogP contribution in [0.4, 0.5) is 0 Å². The Labute approximate surface area is 121 Å². The number of hydrogen-bond donors (Lipinski definition) is 1. The first kappa shape index (κ1) is 13.6. The molecule has 0 radical (unpaired) electrons. The lowest BCUT2D eigenvalue weighted by Crippen LogP contribution is -2.25. The van der Waals surface area contributed by atoms with E-state index in [1.807, 2.05) is 0 Å². The van der Waals surface area contributed by atoms with Gasteiger partial charge < -0.3 is 5.32 Å². The molecule has 0 bridgehead atoms. The summed E-state index contributed by atoms with van der Waals surface area (Å²) >= 11 is 0. The zero-order chi connectivity index (χ0) is 14.0. The maximum Gasteiger partial charge on any atom is 0.0705 e. The van der Waals surface area contributed by atoms with E-state index >= 15 is 0 Å². The Kier molecular flexibility index (Phi) is 3.75. The third kappa shape index (κ3) is 3.57. The van der Waals surface area contributed by atoms with Crippen molar-refractivity contribution in [3.63, 3.8) is 0 Å². The molecule has 1 N–H and O–H groups in total. The predicted molar refractivity (Wildman–Crippen MR) is 84.9 cm³/mol. The van der Waals surface area contributed by atoms with E-state index in [4.69, 9.17) is 4.98 Å². The van der Waals surface area contributed by atoms with Crippen molar-refractivity contribution in [1.82, 2.24) is 10.3 Å². The molecular formula is C18H24N2. The summed E-state index contributed by atoms with van der Waals surface area (Å²) < 4.78 is 0. The van der Waals surface area contributed by atoms with Gasteiger partial charge in [0.25, 0.3) is 0 Å². The van der Waals surface area contributed by atoms with Crippen LogP contribution in [0.2, 0.25) is 0 Å². The molecule has 106 valence electrons. The van der Waals surface area contributed by atoms with Crippen LogP contribution in [-0.2, 0) is 6.42 Å². The number of hydrogen-bond acceptors (Lipinski definition) is 2. The van der Waals surface area contributed by atoms with Gasteiger partial charge in [0.15, 0.2) is 0 Å². The Morgan fingerprint density at radius 2 is 1.95 bits per heavy atom. The number of nitrogens with zero attached hydrogens (tertiary/aromatic N) is 1. The molecule has 0 spiro atoms. The Bertz CT molecular complexity index is 585. The molecule has 0 saturated heterocycles. The third-order valence-corrected chi connectivity index (χ3v) is 4.13. The third-order valence-electron chi connectivity index (χ3n) is 4.13. The summed E-state index contributed by atoms with van der Waals surface area (Å²) in [5, 5.41) is 4.83. The molecule has 2 heteroatoms. The van der Waals surface area contributed by atoms with Gasteiger partial charge >= 0.3 is 0 Å². The van der Waals surface area contributed by atoms with E-state index in [2.05, 4.69) is 55.6 Å². The van der Waals surface area contributed by atoms with Gasteiger partial charge in [0, 0.05) is 17.1 Å². The number of aromatic nitrogens is 1. The summed E-state index contributed by atoms with van der Waals surface area (Å²) in [5.41, 5.74) is 2.62. The molecule has 1 aromatic carbocycles. The summed E-state index contributed by atoms with van der Waals surface area (Å²) in [6, 6.07) is 13.5. The first-order valence-electron chi connectivity index (χ1n) is 7.70. The van der Waals surface area contributed by atoms with Crippen LogP contribution in [0, 0.1) is 5.41 Å². The van der Waals surface area contributed by atoms with Crippen molar-refractivity contribution in [2.75, 3.05) is 6.54 Å². The van der Waals surface area contributed by atoms with E-state index in [1.165, 1.54) is 30.3 Å². The van der Waals surface area contributed by atoms with Crippen LogP contribution in [0.5, 0.6) is 0 Å². The van der Waals surface area contributed by atoms with Crippen molar-refractivity contribution in [3.8, 4) is 0 Å². The highest BCUT2D eigenvalue weighted by Crippen LogP contribution is 2.27. The number of benzene rings is 1. The topological polar surface area (TPSA) is 24.9 Å². The molecule has 2 aromatic rings. The maximum absolute atomic E-state index is 4.80. The average molecular weight is 268 g/mol. The molecule has 1 aromatic heterocycles. The average Bonchev–Trinajstić information content (AvgIpc) is 3.22. The molecule has 20 heavy (non-hydrogen) atoms. The van der Waals surface area contributed by atoms with Gasteiger partial charge in [-0.15, -0.1) is 0 Å². The number of fused-ring (bicyclic) bond motifs is 1. The largest absolute Gasteiger partial charge is 0.314 e. The van der Waals surface area contributed by atoms with Crippen LogP contribution >= 0.6 is 0 Å². The lowest BCUT2D eigenvalue weighted by atomic mass is 9.84. The van der Waals surface area contributed by atoms with Crippen molar-refractivity contribution in [2.24, 2.45) is 5.41 Å². The minimum Gasteiger partial charge on any atom is -0.314 e. The van der Waals surface area contributed by atoms with E-state index in [-0.39, 0.29) is 0 Å². The number of para-hydroxylation sites is 1. The molecule has 1 aliphatic rings. The predicted octanol–water partition coefficient (Wildman–Crippen LogP) is 3.95. The minimum absolute atomic E-state index is 0.303. The van der Waals surface area contributed by atoms with Crippen LogP contribution in [0.1, 0.15) is 38.8 Å². The van der Waals surface area contributed by atoms with Gasteiger partial charge in [0.2, 0.25) is 0 Å². The number of rotatable bonds is 6. The van der Waals surface area contributed by atoms with Gasteiger partial charge in [-0.3, -0.25) is 4.98 Å². The standard InChI is InChI=1S/C18H24N2/c1-18(2,11-12-19-15-9-10-15)13-16-8-7-14-5-3-4-6-17(14)20-16/h3-8,15,19H,9-13H2,1-2H3. The van der Waals surface area contributed by atoms with Crippen LogP contribution in [0.25, 0.3) is 10.9 Å². The Balaban J connectivity index is 1.64. The van der Waals surface area contributed by atoms with Crippen molar-refractivity contribution >= 4 is 10.9 Å². The van der Waals surface area contributed by atoms with Crippen molar-refractivity contribution in [1.29, 1.82) is 0 Å². The second-order valence-electron chi connectivity index (χ2n) is 6.81. The molecular weight excluding hydrogens is 244 g/mol. The summed E-state index contributed by atoms with van der Waals surface area (Å²) in [4.78, 5) is 4.80. The summed E-state index contributed by atoms with van der Waals surface area (Å²) in [5.74, 6) is 0.